The Morgan fingerprint density at radius 1 is 1.06 bits per heavy atom. The summed E-state index contributed by atoms with van der Waals surface area (Å²) in [5.74, 6) is -1.35. The summed E-state index contributed by atoms with van der Waals surface area (Å²) in [5.41, 5.74) is 1.20. The fourth-order valence-electron chi connectivity index (χ4n) is 3.45. The van der Waals surface area contributed by atoms with Crippen LogP contribution >= 0.6 is 0 Å². The van der Waals surface area contributed by atoms with Gasteiger partial charge in [0.2, 0.25) is 0 Å². The van der Waals surface area contributed by atoms with Crippen LogP contribution in [0.5, 0.6) is 0 Å². The van der Waals surface area contributed by atoms with E-state index in [-0.39, 0.29) is 25.5 Å². The molecule has 9 heteroatoms. The number of amides is 4. The second-order valence-electron chi connectivity index (χ2n) is 7.53. The van der Waals surface area contributed by atoms with E-state index in [1.165, 1.54) is 18.3 Å². The number of nitrogens with one attached hydrogen (secondary N) is 1. The molecule has 0 radical (unpaired) electrons. The maximum absolute atomic E-state index is 13.4. The van der Waals surface area contributed by atoms with Crippen LogP contribution in [-0.4, -0.2) is 72.0 Å². The molecule has 1 aliphatic rings. The van der Waals surface area contributed by atoms with E-state index in [0.717, 1.165) is 6.07 Å². The molecule has 3 rings (SSSR count). The largest absolute Gasteiger partial charge is 0.331 e. The molecule has 1 fully saturated rings. The SMILES string of the molecule is C.CN(C)C(=O)N1CCC(N(C)C(=O)Nc2ccc(-c3cc(F)cc(F)c3)nc2)CC1. The minimum atomic E-state index is -0.677. The Morgan fingerprint density at radius 2 is 1.68 bits per heavy atom. The number of carbonyl (C=O) groups is 2. The van der Waals surface area contributed by atoms with E-state index in [9.17, 15) is 18.4 Å². The number of hydrogen-bond acceptors (Lipinski definition) is 3. The molecule has 1 aliphatic heterocycles. The van der Waals surface area contributed by atoms with Crippen molar-refractivity contribution < 1.29 is 18.4 Å². The van der Waals surface area contributed by atoms with Crippen LogP contribution in [-0.2, 0) is 0 Å². The van der Waals surface area contributed by atoms with E-state index < -0.39 is 11.6 Å². The molecule has 1 saturated heterocycles. The zero-order chi connectivity index (χ0) is 21.8. The van der Waals surface area contributed by atoms with Crippen molar-refractivity contribution in [2.24, 2.45) is 0 Å². The number of pyridine rings is 1. The van der Waals surface area contributed by atoms with Gasteiger partial charge in [-0.05, 0) is 37.1 Å². The number of rotatable bonds is 3. The lowest BCUT2D eigenvalue weighted by molar-refractivity contribution is 0.131. The first kappa shape index (κ1) is 24.0. The molecule has 0 saturated carbocycles. The first-order chi connectivity index (χ1) is 14.2. The maximum Gasteiger partial charge on any atom is 0.321 e. The van der Waals surface area contributed by atoms with Crippen molar-refractivity contribution >= 4 is 17.7 Å². The molecule has 0 atom stereocenters. The fraction of sp³-hybridized carbons (Fsp3) is 0.409. The molecule has 1 aromatic carbocycles. The van der Waals surface area contributed by atoms with Crippen molar-refractivity contribution in [2.75, 3.05) is 39.5 Å². The molecular formula is C22H29F2N5O2. The topological polar surface area (TPSA) is 68.8 Å². The average Bonchev–Trinajstić information content (AvgIpc) is 2.72. The van der Waals surface area contributed by atoms with Crippen molar-refractivity contribution in [1.82, 2.24) is 19.7 Å². The highest BCUT2D eigenvalue weighted by Crippen LogP contribution is 2.22. The van der Waals surface area contributed by atoms with E-state index in [1.54, 1.807) is 48.0 Å². The van der Waals surface area contributed by atoms with Gasteiger partial charge in [0, 0.05) is 51.9 Å². The van der Waals surface area contributed by atoms with Gasteiger partial charge in [0.1, 0.15) is 11.6 Å². The number of likely N-dealkylation sites (tertiary alicyclic amines) is 1. The van der Waals surface area contributed by atoms with Crippen LogP contribution in [0.1, 0.15) is 20.3 Å². The number of carbonyl (C=O) groups excluding carboxylic acids is 2. The minimum Gasteiger partial charge on any atom is -0.331 e. The Bertz CT molecular complexity index is 892. The van der Waals surface area contributed by atoms with Gasteiger partial charge in [-0.25, -0.2) is 18.4 Å². The fourth-order valence-corrected chi connectivity index (χ4v) is 3.45. The van der Waals surface area contributed by atoms with Gasteiger partial charge < -0.3 is 20.0 Å². The standard InChI is InChI=1S/C21H25F2N5O2.CH4/c1-26(2)21(30)28-8-6-18(7-9-28)27(3)20(29)25-17-4-5-19(24-13-17)14-10-15(22)12-16(23)11-14;/h4-5,10-13,18H,6-9H2,1-3H3,(H,25,29);1H4. The number of anilines is 1. The van der Waals surface area contributed by atoms with Crippen molar-refractivity contribution in [3.63, 3.8) is 0 Å². The molecule has 0 unspecified atom stereocenters. The summed E-state index contributed by atoms with van der Waals surface area (Å²) in [6.07, 6.45) is 2.85. The Hall–Kier alpha value is -3.23. The molecule has 0 bridgehead atoms. The molecule has 0 aliphatic carbocycles. The van der Waals surface area contributed by atoms with E-state index in [2.05, 4.69) is 10.3 Å². The highest BCUT2D eigenvalue weighted by atomic mass is 19.1. The monoisotopic (exact) mass is 433 g/mol. The lowest BCUT2D eigenvalue weighted by Gasteiger charge is -2.37. The predicted octanol–water partition coefficient (Wildman–Crippen LogP) is 4.27. The summed E-state index contributed by atoms with van der Waals surface area (Å²) in [4.78, 5) is 33.7. The first-order valence-electron chi connectivity index (χ1n) is 9.67. The van der Waals surface area contributed by atoms with Crippen molar-refractivity contribution in [3.05, 3.63) is 48.2 Å². The van der Waals surface area contributed by atoms with Gasteiger partial charge in [0.15, 0.2) is 0 Å². The Morgan fingerprint density at radius 3 is 2.19 bits per heavy atom. The molecule has 1 N–H and O–H groups in total. The third-order valence-electron chi connectivity index (χ3n) is 5.16. The molecule has 2 heterocycles. The lowest BCUT2D eigenvalue weighted by Crippen LogP contribution is -2.50. The smallest absolute Gasteiger partial charge is 0.321 e. The number of benzene rings is 1. The van der Waals surface area contributed by atoms with Crippen LogP contribution in [0, 0.1) is 11.6 Å². The third kappa shape index (κ3) is 5.90. The highest BCUT2D eigenvalue weighted by molar-refractivity contribution is 5.89. The molecule has 31 heavy (non-hydrogen) atoms. The zero-order valence-corrected chi connectivity index (χ0v) is 17.2. The van der Waals surface area contributed by atoms with Gasteiger partial charge in [0.05, 0.1) is 17.6 Å². The summed E-state index contributed by atoms with van der Waals surface area (Å²) in [6.45, 7) is 1.19. The number of urea groups is 2. The number of piperidine rings is 1. The van der Waals surface area contributed by atoms with Gasteiger partial charge in [-0.2, -0.15) is 0 Å². The second kappa shape index (κ2) is 10.2. The zero-order valence-electron chi connectivity index (χ0n) is 17.2. The van der Waals surface area contributed by atoms with E-state index in [0.29, 0.717) is 42.9 Å². The molecule has 168 valence electrons. The molecule has 1 aromatic heterocycles. The molecular weight excluding hydrogens is 404 g/mol. The Kier molecular flexibility index (Phi) is 7.90. The van der Waals surface area contributed by atoms with Gasteiger partial charge in [0.25, 0.3) is 0 Å². The predicted molar refractivity (Wildman–Crippen MR) is 117 cm³/mol. The lowest BCUT2D eigenvalue weighted by atomic mass is 10.0. The summed E-state index contributed by atoms with van der Waals surface area (Å²) in [5, 5.41) is 2.78. The van der Waals surface area contributed by atoms with Crippen molar-refractivity contribution in [3.8, 4) is 11.3 Å². The normalized spacial score (nSPS) is 13.9. The third-order valence-corrected chi connectivity index (χ3v) is 5.16. The molecule has 4 amide bonds. The van der Waals surface area contributed by atoms with Gasteiger partial charge >= 0.3 is 12.1 Å². The van der Waals surface area contributed by atoms with Gasteiger partial charge in [-0.3, -0.25) is 4.98 Å². The van der Waals surface area contributed by atoms with Crippen molar-refractivity contribution in [1.29, 1.82) is 0 Å². The van der Waals surface area contributed by atoms with Crippen LogP contribution in [0.25, 0.3) is 11.3 Å². The number of nitrogens with zero attached hydrogens (tertiary/aromatic N) is 4. The van der Waals surface area contributed by atoms with Crippen LogP contribution in [0.15, 0.2) is 36.5 Å². The van der Waals surface area contributed by atoms with Crippen LogP contribution in [0.4, 0.5) is 24.1 Å². The van der Waals surface area contributed by atoms with E-state index in [4.69, 9.17) is 0 Å². The molecule has 0 spiro atoms. The maximum atomic E-state index is 13.4. The number of halogens is 2. The summed E-state index contributed by atoms with van der Waals surface area (Å²) in [6, 6.07) is 6.15. The number of aromatic nitrogens is 1. The number of hydrogen-bond donors (Lipinski definition) is 1. The average molecular weight is 434 g/mol. The summed E-state index contributed by atoms with van der Waals surface area (Å²) >= 11 is 0. The second-order valence-corrected chi connectivity index (χ2v) is 7.53. The van der Waals surface area contributed by atoms with Crippen LogP contribution in [0.3, 0.4) is 0 Å². The first-order valence-corrected chi connectivity index (χ1v) is 9.67. The molecule has 7 nitrogen and oxygen atoms in total. The highest BCUT2D eigenvalue weighted by Gasteiger charge is 2.28. The molecule has 2 aromatic rings. The minimum absolute atomic E-state index is 0. The van der Waals surface area contributed by atoms with Crippen LogP contribution < -0.4 is 5.32 Å². The Labute approximate surface area is 181 Å². The van der Waals surface area contributed by atoms with E-state index >= 15 is 0 Å². The van der Waals surface area contributed by atoms with E-state index in [1.807, 2.05) is 0 Å². The van der Waals surface area contributed by atoms with Crippen molar-refractivity contribution in [2.45, 2.75) is 26.3 Å². The van der Waals surface area contributed by atoms with Crippen LogP contribution in [0.2, 0.25) is 0 Å². The van der Waals surface area contributed by atoms with Gasteiger partial charge in [-0.1, -0.05) is 7.43 Å². The Balaban J connectivity index is 0.00000341. The quantitative estimate of drug-likeness (QED) is 0.786. The van der Waals surface area contributed by atoms with Gasteiger partial charge in [-0.15, -0.1) is 0 Å². The summed E-state index contributed by atoms with van der Waals surface area (Å²) in [7, 11) is 5.16. The summed E-state index contributed by atoms with van der Waals surface area (Å²) < 4.78 is 26.8.